The summed E-state index contributed by atoms with van der Waals surface area (Å²) in [5.41, 5.74) is 0.433. The highest BCUT2D eigenvalue weighted by Crippen LogP contribution is 2.24. The number of benzene rings is 1. The van der Waals surface area contributed by atoms with E-state index in [0.717, 1.165) is 39.0 Å². The van der Waals surface area contributed by atoms with Crippen LogP contribution in [0.25, 0.3) is 0 Å². The van der Waals surface area contributed by atoms with E-state index in [1.807, 2.05) is 0 Å². The molecule has 19 heavy (non-hydrogen) atoms. The Kier molecular flexibility index (Phi) is 5.19. The molecule has 1 aliphatic rings. The van der Waals surface area contributed by atoms with Gasteiger partial charge in [-0.15, -0.1) is 0 Å². The smallest absolute Gasteiger partial charge is 0.155 e. The van der Waals surface area contributed by atoms with E-state index in [0.29, 0.717) is 22.9 Å². The predicted octanol–water partition coefficient (Wildman–Crippen LogP) is 1.78. The van der Waals surface area contributed by atoms with Crippen molar-refractivity contribution in [2.45, 2.75) is 0 Å². The van der Waals surface area contributed by atoms with Crippen molar-refractivity contribution in [3.63, 3.8) is 0 Å². The molecular weight excluding hydrogens is 264 g/mol. The molecule has 1 aromatic carbocycles. The summed E-state index contributed by atoms with van der Waals surface area (Å²) in [5.74, 6) is 0.566. The van der Waals surface area contributed by atoms with Gasteiger partial charge < -0.3 is 9.64 Å². The lowest BCUT2D eigenvalue weighted by molar-refractivity contribution is 0.111. The summed E-state index contributed by atoms with van der Waals surface area (Å²) in [6.07, 6.45) is 0.744. The number of likely N-dealkylation sites (N-methyl/N-ethyl adjacent to an activating group) is 1. The van der Waals surface area contributed by atoms with E-state index in [2.05, 4.69) is 16.8 Å². The Bertz CT molecular complexity index is 431. The van der Waals surface area contributed by atoms with Crippen LogP contribution in [0.2, 0.25) is 5.02 Å². The number of halogens is 1. The van der Waals surface area contributed by atoms with Crippen LogP contribution in [0.5, 0.6) is 5.75 Å². The molecule has 0 spiro atoms. The van der Waals surface area contributed by atoms with Crippen molar-refractivity contribution >= 4 is 17.9 Å². The Hall–Kier alpha value is -1.10. The van der Waals surface area contributed by atoms with Crippen LogP contribution >= 0.6 is 11.6 Å². The van der Waals surface area contributed by atoms with Crippen molar-refractivity contribution in [3.8, 4) is 5.75 Å². The van der Waals surface area contributed by atoms with Crippen LogP contribution < -0.4 is 4.74 Å². The highest BCUT2D eigenvalue weighted by molar-refractivity contribution is 6.33. The maximum atomic E-state index is 11.0. The lowest BCUT2D eigenvalue weighted by atomic mass is 10.2. The molecule has 0 bridgehead atoms. The zero-order valence-corrected chi connectivity index (χ0v) is 11.9. The highest BCUT2D eigenvalue weighted by atomic mass is 35.5. The quantitative estimate of drug-likeness (QED) is 0.771. The molecule has 2 rings (SSSR count). The average Bonchev–Trinajstić information content (AvgIpc) is 2.41. The van der Waals surface area contributed by atoms with Gasteiger partial charge in [0.05, 0.1) is 10.6 Å². The fraction of sp³-hybridized carbons (Fsp3) is 0.500. The molecule has 1 heterocycles. The predicted molar refractivity (Wildman–Crippen MR) is 76.3 cm³/mol. The minimum Gasteiger partial charge on any atom is -0.491 e. The third-order valence-electron chi connectivity index (χ3n) is 3.39. The molecule has 0 N–H and O–H groups in total. The van der Waals surface area contributed by atoms with Gasteiger partial charge in [-0.25, -0.2) is 0 Å². The first-order valence-electron chi connectivity index (χ1n) is 6.48. The third-order valence-corrected chi connectivity index (χ3v) is 3.72. The molecule has 0 aromatic heterocycles. The molecule has 0 unspecified atom stereocenters. The molecule has 4 nitrogen and oxygen atoms in total. The van der Waals surface area contributed by atoms with Crippen LogP contribution in [0.15, 0.2) is 18.2 Å². The molecule has 5 heteroatoms. The lowest BCUT2D eigenvalue weighted by Crippen LogP contribution is -2.45. The first kappa shape index (κ1) is 14.3. The largest absolute Gasteiger partial charge is 0.491 e. The number of carbonyl (C=O) groups excluding carboxylic acids is 1. The second kappa shape index (κ2) is 6.89. The van der Waals surface area contributed by atoms with E-state index in [9.17, 15) is 4.79 Å². The summed E-state index contributed by atoms with van der Waals surface area (Å²) in [4.78, 5) is 15.7. The summed E-state index contributed by atoms with van der Waals surface area (Å²) in [5, 5.41) is 0.437. The number of piperazine rings is 1. The van der Waals surface area contributed by atoms with Gasteiger partial charge in [0.15, 0.2) is 6.29 Å². The van der Waals surface area contributed by atoms with Crippen molar-refractivity contribution in [1.29, 1.82) is 0 Å². The van der Waals surface area contributed by atoms with Gasteiger partial charge in [0.1, 0.15) is 12.4 Å². The van der Waals surface area contributed by atoms with Crippen molar-refractivity contribution in [2.24, 2.45) is 0 Å². The molecule has 104 valence electrons. The second-order valence-corrected chi connectivity index (χ2v) is 5.17. The minimum absolute atomic E-state index is 0.433. The first-order chi connectivity index (χ1) is 9.20. The molecular formula is C14H19ClN2O2. The SMILES string of the molecule is CN1CCN(CCOc2cccc(Cl)c2C=O)CC1. The van der Waals surface area contributed by atoms with E-state index in [1.54, 1.807) is 18.2 Å². The molecule has 0 aliphatic carbocycles. The van der Waals surface area contributed by atoms with Gasteiger partial charge in [0, 0.05) is 32.7 Å². The Balaban J connectivity index is 1.83. The Morgan fingerprint density at radius 3 is 2.74 bits per heavy atom. The summed E-state index contributed by atoms with van der Waals surface area (Å²) < 4.78 is 5.67. The van der Waals surface area contributed by atoms with E-state index in [-0.39, 0.29) is 0 Å². The fourth-order valence-electron chi connectivity index (χ4n) is 2.11. The van der Waals surface area contributed by atoms with Crippen LogP contribution in [0, 0.1) is 0 Å². The van der Waals surface area contributed by atoms with E-state index in [1.165, 1.54) is 0 Å². The molecule has 0 radical (unpaired) electrons. The van der Waals surface area contributed by atoms with Gasteiger partial charge >= 0.3 is 0 Å². The number of aldehydes is 1. The van der Waals surface area contributed by atoms with Gasteiger partial charge in [-0.2, -0.15) is 0 Å². The fourth-order valence-corrected chi connectivity index (χ4v) is 2.32. The Morgan fingerprint density at radius 2 is 2.05 bits per heavy atom. The Morgan fingerprint density at radius 1 is 1.32 bits per heavy atom. The highest BCUT2D eigenvalue weighted by Gasteiger charge is 2.13. The van der Waals surface area contributed by atoms with E-state index >= 15 is 0 Å². The monoisotopic (exact) mass is 282 g/mol. The normalized spacial score (nSPS) is 17.4. The number of carbonyl (C=O) groups is 1. The third kappa shape index (κ3) is 3.93. The summed E-state index contributed by atoms with van der Waals surface area (Å²) in [6.45, 7) is 5.77. The lowest BCUT2D eigenvalue weighted by Gasteiger charge is -2.32. The summed E-state index contributed by atoms with van der Waals surface area (Å²) in [6, 6.07) is 5.26. The van der Waals surface area contributed by atoms with Gasteiger partial charge in [-0.05, 0) is 19.2 Å². The van der Waals surface area contributed by atoms with Crippen molar-refractivity contribution < 1.29 is 9.53 Å². The molecule has 1 saturated heterocycles. The number of rotatable bonds is 5. The molecule has 1 aliphatic heterocycles. The van der Waals surface area contributed by atoms with Crippen LogP contribution in [0.3, 0.4) is 0 Å². The minimum atomic E-state index is 0.433. The maximum Gasteiger partial charge on any atom is 0.155 e. The second-order valence-electron chi connectivity index (χ2n) is 4.76. The number of hydrogen-bond acceptors (Lipinski definition) is 4. The van der Waals surface area contributed by atoms with Crippen LogP contribution in [-0.2, 0) is 0 Å². The summed E-state index contributed by atoms with van der Waals surface area (Å²) in [7, 11) is 2.14. The van der Waals surface area contributed by atoms with Gasteiger partial charge in [-0.3, -0.25) is 9.69 Å². The van der Waals surface area contributed by atoms with Crippen molar-refractivity contribution in [1.82, 2.24) is 9.80 Å². The number of hydrogen-bond donors (Lipinski definition) is 0. The average molecular weight is 283 g/mol. The zero-order valence-electron chi connectivity index (χ0n) is 11.1. The van der Waals surface area contributed by atoms with Gasteiger partial charge in [-0.1, -0.05) is 17.7 Å². The van der Waals surface area contributed by atoms with Crippen molar-refractivity contribution in [2.75, 3.05) is 46.4 Å². The Labute approximate surface area is 118 Å². The number of ether oxygens (including phenoxy) is 1. The van der Waals surface area contributed by atoms with Crippen molar-refractivity contribution in [3.05, 3.63) is 28.8 Å². The van der Waals surface area contributed by atoms with E-state index < -0.39 is 0 Å². The molecule has 0 atom stereocenters. The molecule has 0 saturated carbocycles. The maximum absolute atomic E-state index is 11.0. The van der Waals surface area contributed by atoms with Crippen LogP contribution in [-0.4, -0.2) is 62.5 Å². The van der Waals surface area contributed by atoms with Crippen LogP contribution in [0.4, 0.5) is 0 Å². The standard InChI is InChI=1S/C14H19ClN2O2/c1-16-5-7-17(8-6-16)9-10-19-14-4-2-3-13(15)12(14)11-18/h2-4,11H,5-10H2,1H3. The molecule has 1 fully saturated rings. The topological polar surface area (TPSA) is 32.8 Å². The van der Waals surface area contributed by atoms with Crippen LogP contribution in [0.1, 0.15) is 10.4 Å². The van der Waals surface area contributed by atoms with E-state index in [4.69, 9.17) is 16.3 Å². The van der Waals surface area contributed by atoms with Gasteiger partial charge in [0.2, 0.25) is 0 Å². The summed E-state index contributed by atoms with van der Waals surface area (Å²) >= 11 is 5.95. The number of nitrogens with zero attached hydrogens (tertiary/aromatic N) is 2. The molecule has 0 amide bonds. The van der Waals surface area contributed by atoms with Gasteiger partial charge in [0.25, 0.3) is 0 Å². The first-order valence-corrected chi connectivity index (χ1v) is 6.86. The zero-order chi connectivity index (χ0) is 13.7. The molecule has 1 aromatic rings.